The molecule has 2 N–H and O–H groups in total. The number of nitrogens with one attached hydrogen (secondary N) is 1. The summed E-state index contributed by atoms with van der Waals surface area (Å²) in [5, 5.41) is 14.0. The van der Waals surface area contributed by atoms with Crippen LogP contribution in [0.3, 0.4) is 0 Å². The van der Waals surface area contributed by atoms with Gasteiger partial charge >= 0.3 is 5.97 Å². The molecule has 0 aliphatic carbocycles. The Kier molecular flexibility index (Phi) is 6.40. The summed E-state index contributed by atoms with van der Waals surface area (Å²) in [6, 6.07) is 17.2. The summed E-state index contributed by atoms with van der Waals surface area (Å²) < 4.78 is 5.91. The molecular formula is C19H22BrNO3. The molecule has 4 nitrogen and oxygen atoms in total. The largest absolute Gasteiger partial charge is 0.464 e. The third-order valence-corrected chi connectivity index (χ3v) is 4.41. The van der Waals surface area contributed by atoms with E-state index in [1.54, 1.807) is 6.92 Å². The van der Waals surface area contributed by atoms with Gasteiger partial charge in [-0.15, -0.1) is 0 Å². The van der Waals surface area contributed by atoms with Crippen LogP contribution < -0.4 is 5.32 Å². The van der Waals surface area contributed by atoms with Crippen molar-refractivity contribution < 1.29 is 14.6 Å². The van der Waals surface area contributed by atoms with Crippen molar-refractivity contribution in [2.24, 2.45) is 0 Å². The van der Waals surface area contributed by atoms with Crippen molar-refractivity contribution >= 4 is 27.6 Å². The normalized spacial score (nSPS) is 14.5. The summed E-state index contributed by atoms with van der Waals surface area (Å²) in [6.07, 6.45) is 0.192. The third-order valence-electron chi connectivity index (χ3n) is 3.72. The lowest BCUT2D eigenvalue weighted by atomic mass is 9.92. The number of carbonyl (C=O) groups is 1. The van der Waals surface area contributed by atoms with Gasteiger partial charge < -0.3 is 15.2 Å². The topological polar surface area (TPSA) is 58.6 Å². The molecule has 2 aromatic rings. The number of aliphatic hydroxyl groups is 1. The lowest BCUT2D eigenvalue weighted by Crippen LogP contribution is -2.39. The van der Waals surface area contributed by atoms with Gasteiger partial charge in [0, 0.05) is 16.6 Å². The first kappa shape index (κ1) is 18.5. The predicted molar refractivity (Wildman–Crippen MR) is 98.8 cm³/mol. The van der Waals surface area contributed by atoms with E-state index in [1.807, 2.05) is 54.6 Å². The Balaban J connectivity index is 2.27. The van der Waals surface area contributed by atoms with Crippen molar-refractivity contribution in [1.82, 2.24) is 0 Å². The Hall–Kier alpha value is -1.85. The number of carbonyl (C=O) groups excluding carboxylic acids is 1. The van der Waals surface area contributed by atoms with E-state index in [1.165, 1.54) is 6.92 Å². The molecule has 24 heavy (non-hydrogen) atoms. The van der Waals surface area contributed by atoms with Crippen molar-refractivity contribution in [1.29, 1.82) is 0 Å². The smallest absolute Gasteiger partial charge is 0.337 e. The highest BCUT2D eigenvalue weighted by Crippen LogP contribution is 2.31. The fourth-order valence-electron chi connectivity index (χ4n) is 2.47. The molecule has 0 aromatic heterocycles. The first-order valence-electron chi connectivity index (χ1n) is 7.89. The van der Waals surface area contributed by atoms with Crippen LogP contribution in [0.2, 0.25) is 0 Å². The summed E-state index contributed by atoms with van der Waals surface area (Å²) in [4.78, 5) is 12.0. The molecule has 2 unspecified atom stereocenters. The van der Waals surface area contributed by atoms with Crippen LogP contribution in [0.25, 0.3) is 0 Å². The Morgan fingerprint density at radius 3 is 2.46 bits per heavy atom. The first-order chi connectivity index (χ1) is 11.4. The lowest BCUT2D eigenvalue weighted by Gasteiger charge is -2.28. The molecule has 5 heteroatoms. The van der Waals surface area contributed by atoms with Gasteiger partial charge in [0.15, 0.2) is 5.60 Å². The maximum absolute atomic E-state index is 12.0. The summed E-state index contributed by atoms with van der Waals surface area (Å²) in [6.45, 7) is 3.45. The minimum Gasteiger partial charge on any atom is -0.464 e. The molecule has 0 saturated carbocycles. The van der Waals surface area contributed by atoms with Crippen LogP contribution in [0, 0.1) is 0 Å². The van der Waals surface area contributed by atoms with E-state index >= 15 is 0 Å². The monoisotopic (exact) mass is 391 g/mol. The average molecular weight is 392 g/mol. The van der Waals surface area contributed by atoms with Gasteiger partial charge in [-0.25, -0.2) is 4.79 Å². The van der Waals surface area contributed by atoms with Gasteiger partial charge in [-0.1, -0.05) is 42.5 Å². The molecule has 0 aliphatic heterocycles. The Morgan fingerprint density at radius 2 is 1.83 bits per heavy atom. The highest BCUT2D eigenvalue weighted by Gasteiger charge is 2.35. The van der Waals surface area contributed by atoms with Crippen molar-refractivity contribution in [3.8, 4) is 0 Å². The summed E-state index contributed by atoms with van der Waals surface area (Å²) in [7, 11) is 0. The Labute approximate surface area is 151 Å². The number of hydrogen-bond acceptors (Lipinski definition) is 4. The summed E-state index contributed by atoms with van der Waals surface area (Å²) in [5.41, 5.74) is 0.300. The number of ether oxygens (including phenoxy) is 1. The quantitative estimate of drug-likeness (QED) is 0.690. The van der Waals surface area contributed by atoms with Gasteiger partial charge in [0.25, 0.3) is 0 Å². The van der Waals surface area contributed by atoms with Crippen molar-refractivity contribution in [3.05, 3.63) is 64.6 Å². The highest BCUT2D eigenvalue weighted by molar-refractivity contribution is 9.10. The van der Waals surface area contributed by atoms with E-state index in [4.69, 9.17) is 4.74 Å². The fourth-order valence-corrected chi connectivity index (χ4v) is 2.87. The molecule has 2 rings (SSSR count). The van der Waals surface area contributed by atoms with Crippen molar-refractivity contribution in [2.75, 3.05) is 11.9 Å². The SMILES string of the molecule is CCOC(=O)C(C)(O)CC(Nc1ccccc1Br)c1ccccc1. The second-order valence-electron chi connectivity index (χ2n) is 5.79. The summed E-state index contributed by atoms with van der Waals surface area (Å²) >= 11 is 3.51. The van der Waals surface area contributed by atoms with Crippen LogP contribution in [0.1, 0.15) is 31.9 Å². The van der Waals surface area contributed by atoms with Crippen LogP contribution in [0.15, 0.2) is 59.1 Å². The third kappa shape index (κ3) is 4.82. The van der Waals surface area contributed by atoms with E-state index in [0.29, 0.717) is 0 Å². The number of anilines is 1. The van der Waals surface area contributed by atoms with Gasteiger partial charge in [0.05, 0.1) is 12.6 Å². The fraction of sp³-hybridized carbons (Fsp3) is 0.316. The minimum atomic E-state index is -1.58. The van der Waals surface area contributed by atoms with E-state index in [-0.39, 0.29) is 19.1 Å². The van der Waals surface area contributed by atoms with Gasteiger partial charge in [-0.05, 0) is 47.5 Å². The zero-order valence-corrected chi connectivity index (χ0v) is 15.4. The minimum absolute atomic E-state index is 0.192. The summed E-state index contributed by atoms with van der Waals surface area (Å²) in [5.74, 6) is -0.611. The standard InChI is InChI=1S/C19H22BrNO3/c1-3-24-18(22)19(2,23)13-17(14-9-5-4-6-10-14)21-16-12-8-7-11-15(16)20/h4-12,17,21,23H,3,13H2,1-2H3. The Morgan fingerprint density at radius 1 is 1.21 bits per heavy atom. The van der Waals surface area contributed by atoms with Crippen LogP contribution in [0.5, 0.6) is 0 Å². The molecule has 0 aliphatic rings. The molecule has 128 valence electrons. The van der Waals surface area contributed by atoms with Gasteiger partial charge in [-0.3, -0.25) is 0 Å². The van der Waals surface area contributed by atoms with Gasteiger partial charge in [-0.2, -0.15) is 0 Å². The Bertz CT molecular complexity index is 673. The zero-order chi connectivity index (χ0) is 17.6. The molecule has 0 heterocycles. The number of benzene rings is 2. The van der Waals surface area contributed by atoms with Crippen LogP contribution in [-0.4, -0.2) is 23.3 Å². The molecule has 0 amide bonds. The molecule has 2 aromatic carbocycles. The molecule has 0 radical (unpaired) electrons. The van der Waals surface area contributed by atoms with E-state index in [2.05, 4.69) is 21.2 Å². The first-order valence-corrected chi connectivity index (χ1v) is 8.69. The van der Waals surface area contributed by atoms with Crippen molar-refractivity contribution in [3.63, 3.8) is 0 Å². The number of esters is 1. The van der Waals surface area contributed by atoms with Gasteiger partial charge in [0.1, 0.15) is 0 Å². The maximum Gasteiger partial charge on any atom is 0.337 e. The molecular weight excluding hydrogens is 370 g/mol. The second kappa shape index (κ2) is 8.31. The molecule has 0 bridgehead atoms. The van der Waals surface area contributed by atoms with Crippen LogP contribution in [0.4, 0.5) is 5.69 Å². The van der Waals surface area contributed by atoms with Crippen molar-refractivity contribution in [2.45, 2.75) is 31.9 Å². The molecule has 0 spiro atoms. The number of hydrogen-bond donors (Lipinski definition) is 2. The van der Waals surface area contributed by atoms with Crippen LogP contribution >= 0.6 is 15.9 Å². The number of rotatable bonds is 7. The number of halogens is 1. The molecule has 0 fully saturated rings. The van der Waals surface area contributed by atoms with Gasteiger partial charge in [0.2, 0.25) is 0 Å². The van der Waals surface area contributed by atoms with E-state index in [9.17, 15) is 9.90 Å². The van der Waals surface area contributed by atoms with E-state index < -0.39 is 11.6 Å². The molecule has 0 saturated heterocycles. The predicted octanol–water partition coefficient (Wildman–Crippen LogP) is 4.31. The highest BCUT2D eigenvalue weighted by atomic mass is 79.9. The van der Waals surface area contributed by atoms with E-state index in [0.717, 1.165) is 15.7 Å². The second-order valence-corrected chi connectivity index (χ2v) is 6.64. The molecule has 2 atom stereocenters. The zero-order valence-electron chi connectivity index (χ0n) is 13.8. The maximum atomic E-state index is 12.0. The van der Waals surface area contributed by atoms with Crippen LogP contribution in [-0.2, 0) is 9.53 Å². The number of para-hydroxylation sites is 1. The average Bonchev–Trinajstić information content (AvgIpc) is 2.57. The lowest BCUT2D eigenvalue weighted by molar-refractivity contribution is -0.164.